The summed E-state index contributed by atoms with van der Waals surface area (Å²) >= 11 is 0. The van der Waals surface area contributed by atoms with Crippen molar-refractivity contribution in [2.75, 3.05) is 0 Å². The molecule has 0 amide bonds. The summed E-state index contributed by atoms with van der Waals surface area (Å²) in [5, 5.41) is 0. The highest BCUT2D eigenvalue weighted by atomic mass is 14.2. The van der Waals surface area contributed by atoms with Gasteiger partial charge in [0.05, 0.1) is 0 Å². The van der Waals surface area contributed by atoms with Crippen molar-refractivity contribution in [3.8, 4) is 11.8 Å². The van der Waals surface area contributed by atoms with E-state index < -0.39 is 0 Å². The zero-order valence-electron chi connectivity index (χ0n) is 15.6. The Morgan fingerprint density at radius 1 is 0.739 bits per heavy atom. The molecule has 0 nitrogen and oxygen atoms in total. The molecule has 0 N–H and O–H groups in total. The van der Waals surface area contributed by atoms with Crippen molar-refractivity contribution in [3.05, 3.63) is 68.3 Å². The molecule has 0 aliphatic heterocycles. The van der Waals surface area contributed by atoms with Crippen LogP contribution >= 0.6 is 0 Å². The fraction of sp³-hybridized carbons (Fsp3) is 0.391. The van der Waals surface area contributed by atoms with Crippen molar-refractivity contribution in [2.24, 2.45) is 0 Å². The van der Waals surface area contributed by atoms with Crippen molar-refractivity contribution in [3.63, 3.8) is 0 Å². The lowest BCUT2D eigenvalue weighted by Crippen LogP contribution is -2.05. The fourth-order valence-corrected chi connectivity index (χ4v) is 3.32. The second-order valence-corrected chi connectivity index (χ2v) is 6.66. The molecule has 120 valence electrons. The molecule has 0 unspecified atom stereocenters. The minimum atomic E-state index is 0.854. The molecule has 2 aromatic rings. The van der Waals surface area contributed by atoms with Crippen molar-refractivity contribution in [2.45, 2.75) is 61.3 Å². The van der Waals surface area contributed by atoms with E-state index >= 15 is 0 Å². The summed E-state index contributed by atoms with van der Waals surface area (Å²) in [6.45, 7) is 15.3. The van der Waals surface area contributed by atoms with E-state index in [0.717, 1.165) is 12.8 Å². The van der Waals surface area contributed by atoms with Gasteiger partial charge in [-0.25, -0.2) is 0 Å². The maximum atomic E-state index is 3.20. The first kappa shape index (κ1) is 17.4. The third-order valence-electron chi connectivity index (χ3n) is 5.28. The Morgan fingerprint density at radius 2 is 1.35 bits per heavy atom. The van der Waals surface area contributed by atoms with E-state index in [9.17, 15) is 0 Å². The normalized spacial score (nSPS) is 10.4. The van der Waals surface area contributed by atoms with Gasteiger partial charge < -0.3 is 0 Å². The number of hydrogen-bond donors (Lipinski definition) is 0. The maximum Gasteiger partial charge on any atom is 0.0343 e. The molecule has 0 saturated heterocycles. The average Bonchev–Trinajstić information content (AvgIpc) is 2.52. The largest absolute Gasteiger partial charge is 0.106 e. The molecule has 0 heteroatoms. The quantitative estimate of drug-likeness (QED) is 0.639. The predicted molar refractivity (Wildman–Crippen MR) is 101 cm³/mol. The summed E-state index contributed by atoms with van der Waals surface area (Å²) in [4.78, 5) is 0. The highest BCUT2D eigenvalue weighted by Crippen LogP contribution is 2.28. The van der Waals surface area contributed by atoms with Crippen LogP contribution in [0.3, 0.4) is 0 Å². The van der Waals surface area contributed by atoms with E-state index in [-0.39, 0.29) is 0 Å². The molecule has 0 atom stereocenters. The van der Waals surface area contributed by atoms with Gasteiger partial charge >= 0.3 is 0 Å². The topological polar surface area (TPSA) is 0 Å². The van der Waals surface area contributed by atoms with Crippen LogP contribution in [0.2, 0.25) is 0 Å². The zero-order valence-corrected chi connectivity index (χ0v) is 15.6. The van der Waals surface area contributed by atoms with Crippen molar-refractivity contribution < 1.29 is 0 Å². The molecule has 0 aliphatic rings. The molecule has 0 spiro atoms. The molecule has 2 aromatic carbocycles. The molecular formula is C23H28. The van der Waals surface area contributed by atoms with Crippen LogP contribution in [0, 0.1) is 53.4 Å². The average molecular weight is 304 g/mol. The summed E-state index contributed by atoms with van der Waals surface area (Å²) in [6.07, 6.45) is 1.88. The summed E-state index contributed by atoms with van der Waals surface area (Å²) in [6, 6.07) is 6.81. The van der Waals surface area contributed by atoms with Gasteiger partial charge in [-0.05, 0) is 105 Å². The standard InChI is InChI=1S/C23H28/c1-8-9-10-21-13-17(4)23(20(7)19(21)6)14-22-16(3)12-11-15(2)18(22)5/h11-13H,10,14H2,1-7H3. The van der Waals surface area contributed by atoms with E-state index in [1.165, 1.54) is 50.1 Å². The first-order valence-corrected chi connectivity index (χ1v) is 8.40. The fourth-order valence-electron chi connectivity index (χ4n) is 3.32. The van der Waals surface area contributed by atoms with Crippen molar-refractivity contribution in [1.29, 1.82) is 0 Å². The van der Waals surface area contributed by atoms with Gasteiger partial charge in [-0.2, -0.15) is 0 Å². The highest BCUT2D eigenvalue weighted by Gasteiger charge is 2.13. The van der Waals surface area contributed by atoms with Crippen LogP contribution in [0.1, 0.15) is 57.0 Å². The third kappa shape index (κ3) is 3.50. The maximum absolute atomic E-state index is 3.20. The molecule has 0 saturated carbocycles. The van der Waals surface area contributed by atoms with Crippen molar-refractivity contribution >= 4 is 0 Å². The van der Waals surface area contributed by atoms with Crippen LogP contribution in [-0.4, -0.2) is 0 Å². The van der Waals surface area contributed by atoms with Crippen LogP contribution in [0.4, 0.5) is 0 Å². The molecule has 0 aromatic heterocycles. The van der Waals surface area contributed by atoms with Crippen LogP contribution < -0.4 is 0 Å². The lowest BCUT2D eigenvalue weighted by molar-refractivity contribution is 1.04. The Morgan fingerprint density at radius 3 is 2.00 bits per heavy atom. The molecule has 23 heavy (non-hydrogen) atoms. The molecule has 0 fully saturated rings. The zero-order chi connectivity index (χ0) is 17.1. The van der Waals surface area contributed by atoms with E-state index in [1.54, 1.807) is 0 Å². The molecule has 0 radical (unpaired) electrons. The van der Waals surface area contributed by atoms with Gasteiger partial charge in [0.2, 0.25) is 0 Å². The monoisotopic (exact) mass is 304 g/mol. The number of benzene rings is 2. The summed E-state index contributed by atoms with van der Waals surface area (Å²) in [7, 11) is 0. The summed E-state index contributed by atoms with van der Waals surface area (Å²) in [5.74, 6) is 6.21. The first-order chi connectivity index (χ1) is 10.9. The lowest BCUT2D eigenvalue weighted by atomic mass is 9.86. The Hall–Kier alpha value is -2.00. The minimum absolute atomic E-state index is 0.854. The summed E-state index contributed by atoms with van der Waals surface area (Å²) < 4.78 is 0. The molecule has 0 bridgehead atoms. The minimum Gasteiger partial charge on any atom is -0.106 e. The molecule has 2 rings (SSSR count). The number of rotatable bonds is 3. The molecule has 0 aliphatic carbocycles. The van der Waals surface area contributed by atoms with Gasteiger partial charge in [0, 0.05) is 6.42 Å². The van der Waals surface area contributed by atoms with E-state index in [4.69, 9.17) is 0 Å². The number of hydrogen-bond acceptors (Lipinski definition) is 0. The second kappa shape index (κ2) is 7.05. The van der Waals surface area contributed by atoms with Gasteiger partial charge in [0.15, 0.2) is 0 Å². The Kier molecular flexibility index (Phi) is 5.32. The SMILES string of the molecule is CC#CCc1cc(C)c(Cc2c(C)ccc(C)c2C)c(C)c1C. The van der Waals surface area contributed by atoms with Crippen LogP contribution in [0.5, 0.6) is 0 Å². The second-order valence-electron chi connectivity index (χ2n) is 6.66. The van der Waals surface area contributed by atoms with E-state index in [0.29, 0.717) is 0 Å². The van der Waals surface area contributed by atoms with Gasteiger partial charge in [-0.15, -0.1) is 5.92 Å². The first-order valence-electron chi connectivity index (χ1n) is 8.40. The van der Waals surface area contributed by atoms with Gasteiger partial charge in [0.1, 0.15) is 0 Å². The van der Waals surface area contributed by atoms with Gasteiger partial charge in [0.25, 0.3) is 0 Å². The van der Waals surface area contributed by atoms with E-state index in [1.807, 2.05) is 6.92 Å². The Labute approximate surface area is 142 Å². The third-order valence-corrected chi connectivity index (χ3v) is 5.28. The van der Waals surface area contributed by atoms with E-state index in [2.05, 4.69) is 71.6 Å². The van der Waals surface area contributed by atoms with Crippen LogP contribution in [0.25, 0.3) is 0 Å². The highest BCUT2D eigenvalue weighted by molar-refractivity contribution is 5.50. The van der Waals surface area contributed by atoms with Crippen molar-refractivity contribution in [1.82, 2.24) is 0 Å². The predicted octanol–water partition coefficient (Wildman–Crippen LogP) is 5.69. The number of aryl methyl sites for hydroxylation is 3. The Bertz CT molecular complexity index is 795. The Balaban J connectivity index is 2.51. The molecular weight excluding hydrogens is 276 g/mol. The van der Waals surface area contributed by atoms with Gasteiger partial charge in [-0.1, -0.05) is 24.1 Å². The van der Waals surface area contributed by atoms with Crippen LogP contribution in [0.15, 0.2) is 18.2 Å². The van der Waals surface area contributed by atoms with Gasteiger partial charge in [-0.3, -0.25) is 0 Å². The smallest absolute Gasteiger partial charge is 0.0343 e. The lowest BCUT2D eigenvalue weighted by Gasteiger charge is -2.19. The van der Waals surface area contributed by atoms with Crippen LogP contribution in [-0.2, 0) is 12.8 Å². The summed E-state index contributed by atoms with van der Waals surface area (Å²) in [5.41, 5.74) is 12.8. The molecule has 0 heterocycles.